The maximum atomic E-state index is 5.49. The Balaban J connectivity index is 1.59. The Morgan fingerprint density at radius 2 is 2.00 bits per heavy atom. The van der Waals surface area contributed by atoms with Gasteiger partial charge in [-0.25, -0.2) is 0 Å². The minimum Gasteiger partial charge on any atom is -0.381 e. The Morgan fingerprint density at radius 1 is 1.18 bits per heavy atom. The third kappa shape index (κ3) is 4.94. The number of likely N-dealkylation sites (tertiary alicyclic amines) is 1. The van der Waals surface area contributed by atoms with Crippen molar-refractivity contribution in [2.75, 3.05) is 39.4 Å². The van der Waals surface area contributed by atoms with Crippen molar-refractivity contribution in [2.45, 2.75) is 45.1 Å². The highest BCUT2D eigenvalue weighted by Crippen LogP contribution is 2.11. The number of hydrogen-bond donors (Lipinski definition) is 1. The molecule has 2 unspecified atom stereocenters. The van der Waals surface area contributed by atoms with Gasteiger partial charge in [0.05, 0.1) is 0 Å². The van der Waals surface area contributed by atoms with Gasteiger partial charge in [0.25, 0.3) is 0 Å². The summed E-state index contributed by atoms with van der Waals surface area (Å²) >= 11 is 0. The summed E-state index contributed by atoms with van der Waals surface area (Å²) in [5.74, 6) is 0.775. The molecule has 2 aliphatic heterocycles. The summed E-state index contributed by atoms with van der Waals surface area (Å²) in [6, 6.07) is 0.693. The maximum Gasteiger partial charge on any atom is 0.0480 e. The van der Waals surface area contributed by atoms with Gasteiger partial charge in [-0.2, -0.15) is 0 Å². The fourth-order valence-corrected chi connectivity index (χ4v) is 2.95. The lowest BCUT2D eigenvalue weighted by atomic mass is 10.1. The second-order valence-corrected chi connectivity index (χ2v) is 5.76. The van der Waals surface area contributed by atoms with Crippen molar-refractivity contribution in [3.8, 4) is 0 Å². The van der Waals surface area contributed by atoms with Crippen molar-refractivity contribution in [1.82, 2.24) is 10.2 Å². The zero-order valence-electron chi connectivity index (χ0n) is 11.3. The first kappa shape index (κ1) is 13.3. The van der Waals surface area contributed by atoms with E-state index in [0.29, 0.717) is 6.04 Å². The van der Waals surface area contributed by atoms with Crippen molar-refractivity contribution in [3.63, 3.8) is 0 Å². The zero-order chi connectivity index (χ0) is 11.9. The summed E-state index contributed by atoms with van der Waals surface area (Å²) in [4.78, 5) is 2.61. The molecule has 0 bridgehead atoms. The largest absolute Gasteiger partial charge is 0.381 e. The highest BCUT2D eigenvalue weighted by Gasteiger charge is 2.16. The van der Waals surface area contributed by atoms with Gasteiger partial charge in [0.15, 0.2) is 0 Å². The van der Waals surface area contributed by atoms with E-state index in [9.17, 15) is 0 Å². The Bertz CT molecular complexity index is 196. The van der Waals surface area contributed by atoms with Gasteiger partial charge in [-0.3, -0.25) is 0 Å². The molecule has 0 aromatic heterocycles. The summed E-state index contributed by atoms with van der Waals surface area (Å²) in [5.41, 5.74) is 0. The van der Waals surface area contributed by atoms with Crippen LogP contribution in [0.15, 0.2) is 0 Å². The van der Waals surface area contributed by atoms with Gasteiger partial charge in [-0.1, -0.05) is 6.92 Å². The van der Waals surface area contributed by atoms with Gasteiger partial charge in [0.2, 0.25) is 0 Å². The lowest BCUT2D eigenvalue weighted by molar-refractivity contribution is 0.142. The summed E-state index contributed by atoms with van der Waals surface area (Å²) in [6.07, 6.45) is 6.51. The zero-order valence-corrected chi connectivity index (χ0v) is 11.3. The molecule has 0 radical (unpaired) electrons. The summed E-state index contributed by atoms with van der Waals surface area (Å²) < 4.78 is 5.49. The molecule has 3 nitrogen and oxygen atoms in total. The van der Waals surface area contributed by atoms with Crippen LogP contribution in [-0.4, -0.2) is 50.3 Å². The molecule has 100 valence electrons. The SMILES string of the molecule is CC(CNC1CCCOCC1)CN1CCCC1. The molecule has 2 heterocycles. The molecular weight excluding hydrogens is 212 g/mol. The first-order valence-electron chi connectivity index (χ1n) is 7.38. The van der Waals surface area contributed by atoms with Crippen LogP contribution in [0.4, 0.5) is 0 Å². The minimum atomic E-state index is 0.693. The fraction of sp³-hybridized carbons (Fsp3) is 1.00. The van der Waals surface area contributed by atoms with E-state index in [1.165, 1.54) is 58.3 Å². The smallest absolute Gasteiger partial charge is 0.0480 e. The highest BCUT2D eigenvalue weighted by atomic mass is 16.5. The average Bonchev–Trinajstić information content (AvgIpc) is 2.68. The minimum absolute atomic E-state index is 0.693. The quantitative estimate of drug-likeness (QED) is 0.794. The predicted octanol–water partition coefficient (Wildman–Crippen LogP) is 1.88. The van der Waals surface area contributed by atoms with E-state index in [2.05, 4.69) is 17.1 Å². The number of nitrogens with one attached hydrogen (secondary N) is 1. The van der Waals surface area contributed by atoms with Crippen LogP contribution in [0.25, 0.3) is 0 Å². The Labute approximate surface area is 106 Å². The van der Waals surface area contributed by atoms with Crippen LogP contribution in [0, 0.1) is 5.92 Å². The van der Waals surface area contributed by atoms with Crippen molar-refractivity contribution in [2.24, 2.45) is 5.92 Å². The molecule has 2 rings (SSSR count). The van der Waals surface area contributed by atoms with Gasteiger partial charge in [-0.15, -0.1) is 0 Å². The van der Waals surface area contributed by atoms with Crippen molar-refractivity contribution < 1.29 is 4.74 Å². The summed E-state index contributed by atoms with van der Waals surface area (Å²) in [7, 11) is 0. The molecule has 2 fully saturated rings. The van der Waals surface area contributed by atoms with Crippen LogP contribution in [0.3, 0.4) is 0 Å². The molecule has 0 aromatic rings. The first-order valence-corrected chi connectivity index (χ1v) is 7.38. The first-order chi connectivity index (χ1) is 8.34. The van der Waals surface area contributed by atoms with E-state index < -0.39 is 0 Å². The van der Waals surface area contributed by atoms with Crippen LogP contribution >= 0.6 is 0 Å². The summed E-state index contributed by atoms with van der Waals surface area (Å²) in [6.45, 7) is 9.36. The van der Waals surface area contributed by atoms with Gasteiger partial charge in [0, 0.05) is 25.8 Å². The average molecular weight is 240 g/mol. The number of ether oxygens (including phenoxy) is 1. The molecule has 1 N–H and O–H groups in total. The van der Waals surface area contributed by atoms with E-state index in [1.54, 1.807) is 0 Å². The number of nitrogens with zero attached hydrogens (tertiary/aromatic N) is 1. The molecule has 3 heteroatoms. The van der Waals surface area contributed by atoms with E-state index in [4.69, 9.17) is 4.74 Å². The van der Waals surface area contributed by atoms with Crippen LogP contribution in [-0.2, 0) is 4.74 Å². The van der Waals surface area contributed by atoms with Crippen LogP contribution in [0.1, 0.15) is 39.0 Å². The van der Waals surface area contributed by atoms with Crippen molar-refractivity contribution in [1.29, 1.82) is 0 Å². The molecule has 0 spiro atoms. The van der Waals surface area contributed by atoms with Gasteiger partial charge in [0.1, 0.15) is 0 Å². The van der Waals surface area contributed by atoms with Crippen molar-refractivity contribution in [3.05, 3.63) is 0 Å². The second kappa shape index (κ2) is 7.34. The summed E-state index contributed by atoms with van der Waals surface area (Å²) in [5, 5.41) is 3.73. The second-order valence-electron chi connectivity index (χ2n) is 5.76. The van der Waals surface area contributed by atoms with Crippen LogP contribution in [0.2, 0.25) is 0 Å². The molecular formula is C14H28N2O. The molecule has 17 heavy (non-hydrogen) atoms. The Morgan fingerprint density at radius 3 is 2.82 bits per heavy atom. The fourth-order valence-electron chi connectivity index (χ4n) is 2.95. The highest BCUT2D eigenvalue weighted by molar-refractivity contribution is 4.74. The molecule has 0 saturated carbocycles. The van der Waals surface area contributed by atoms with Gasteiger partial charge < -0.3 is 15.0 Å². The molecule has 0 amide bonds. The molecule has 2 saturated heterocycles. The standard InChI is InChI=1S/C14H28N2O/c1-13(12-16-7-2-3-8-16)11-15-14-5-4-9-17-10-6-14/h13-15H,2-12H2,1H3. The topological polar surface area (TPSA) is 24.5 Å². The molecule has 0 aromatic carbocycles. The van der Waals surface area contributed by atoms with E-state index in [0.717, 1.165) is 19.1 Å². The van der Waals surface area contributed by atoms with Gasteiger partial charge >= 0.3 is 0 Å². The number of rotatable bonds is 5. The Hall–Kier alpha value is -0.120. The predicted molar refractivity (Wildman–Crippen MR) is 71.3 cm³/mol. The molecule has 2 atom stereocenters. The maximum absolute atomic E-state index is 5.49. The molecule has 2 aliphatic rings. The van der Waals surface area contributed by atoms with E-state index >= 15 is 0 Å². The lowest BCUT2D eigenvalue weighted by Gasteiger charge is -2.23. The van der Waals surface area contributed by atoms with Crippen molar-refractivity contribution >= 4 is 0 Å². The Kier molecular flexibility index (Phi) is 5.75. The molecule has 0 aliphatic carbocycles. The van der Waals surface area contributed by atoms with Gasteiger partial charge in [-0.05, 0) is 57.7 Å². The number of hydrogen-bond acceptors (Lipinski definition) is 3. The normalized spacial score (nSPS) is 29.1. The van der Waals surface area contributed by atoms with Crippen LogP contribution < -0.4 is 5.32 Å². The third-order valence-corrected chi connectivity index (χ3v) is 3.98. The lowest BCUT2D eigenvalue weighted by Crippen LogP contribution is -2.37. The monoisotopic (exact) mass is 240 g/mol. The van der Waals surface area contributed by atoms with Crippen LogP contribution in [0.5, 0.6) is 0 Å². The van der Waals surface area contributed by atoms with E-state index in [1.807, 2.05) is 0 Å². The third-order valence-electron chi connectivity index (χ3n) is 3.98. The van der Waals surface area contributed by atoms with E-state index in [-0.39, 0.29) is 0 Å².